The maximum Gasteiger partial charge on any atom is 0.292 e. The van der Waals surface area contributed by atoms with Crippen LogP contribution in [0.25, 0.3) is 0 Å². The lowest BCUT2D eigenvalue weighted by atomic mass is 10.1. The molecular weight excluding hydrogens is 144 g/mol. The Morgan fingerprint density at radius 1 is 1.64 bits per heavy atom. The Morgan fingerprint density at radius 2 is 2.27 bits per heavy atom. The Balaban J connectivity index is 3.11. The normalized spacial score (nSPS) is 10.5. The first kappa shape index (κ1) is 7.78. The maximum absolute atomic E-state index is 10.4. The zero-order chi connectivity index (χ0) is 8.43. The summed E-state index contributed by atoms with van der Waals surface area (Å²) in [4.78, 5) is 14.1. The number of hydrogen-bond donors (Lipinski definition) is 1. The monoisotopic (exact) mass is 154 g/mol. The number of nitrogens with zero attached hydrogens (tertiary/aromatic N) is 1. The van der Waals surface area contributed by atoms with Gasteiger partial charge in [0.05, 0.1) is 0 Å². The Morgan fingerprint density at radius 3 is 2.64 bits per heavy atom. The maximum atomic E-state index is 10.4. The third-order valence-corrected chi connectivity index (χ3v) is 1.33. The molecule has 0 atom stereocenters. The van der Waals surface area contributed by atoms with Crippen molar-refractivity contribution in [1.82, 2.24) is 4.98 Å². The number of carbonyl (C=O) groups excluding carboxylic acids is 1. The molecule has 0 aromatic carbocycles. The van der Waals surface area contributed by atoms with Gasteiger partial charge in [0.25, 0.3) is 6.01 Å². The highest BCUT2D eigenvalue weighted by atomic mass is 16.4. The third-order valence-electron chi connectivity index (χ3n) is 1.33. The summed E-state index contributed by atoms with van der Waals surface area (Å²) in [5, 5.41) is 0. The number of aldehydes is 1. The van der Waals surface area contributed by atoms with E-state index in [-0.39, 0.29) is 11.9 Å². The van der Waals surface area contributed by atoms with Crippen LogP contribution in [0.2, 0.25) is 0 Å². The van der Waals surface area contributed by atoms with E-state index in [4.69, 9.17) is 10.2 Å². The number of carbonyl (C=O) groups is 1. The molecule has 0 saturated heterocycles. The standard InChI is InChI=1S/C7H10N2O2/c1-4(2)6-5(3-10)9-7(8)11-6/h3-4H,1-2H3,(H2,8,9). The first-order valence-corrected chi connectivity index (χ1v) is 3.36. The van der Waals surface area contributed by atoms with Gasteiger partial charge in [0.2, 0.25) is 0 Å². The second-order valence-electron chi connectivity index (χ2n) is 2.57. The average molecular weight is 154 g/mol. The number of rotatable bonds is 2. The van der Waals surface area contributed by atoms with Gasteiger partial charge in [0.15, 0.2) is 6.29 Å². The van der Waals surface area contributed by atoms with E-state index < -0.39 is 0 Å². The Labute approximate surface area is 64.4 Å². The second kappa shape index (κ2) is 2.74. The Kier molecular flexibility index (Phi) is 1.94. The Hall–Kier alpha value is -1.32. The molecule has 1 aromatic rings. The van der Waals surface area contributed by atoms with E-state index in [1.807, 2.05) is 13.8 Å². The van der Waals surface area contributed by atoms with Gasteiger partial charge in [-0.25, -0.2) is 0 Å². The van der Waals surface area contributed by atoms with E-state index in [9.17, 15) is 4.79 Å². The van der Waals surface area contributed by atoms with Crippen molar-refractivity contribution in [2.45, 2.75) is 19.8 Å². The molecule has 0 unspecified atom stereocenters. The molecule has 0 fully saturated rings. The second-order valence-corrected chi connectivity index (χ2v) is 2.57. The minimum atomic E-state index is 0.0517. The van der Waals surface area contributed by atoms with Gasteiger partial charge in [-0.2, -0.15) is 4.98 Å². The molecule has 1 rings (SSSR count). The van der Waals surface area contributed by atoms with Gasteiger partial charge in [-0.1, -0.05) is 13.8 Å². The van der Waals surface area contributed by atoms with Gasteiger partial charge < -0.3 is 10.2 Å². The molecule has 0 spiro atoms. The summed E-state index contributed by atoms with van der Waals surface area (Å²) in [5.74, 6) is 0.692. The largest absolute Gasteiger partial charge is 0.428 e. The molecule has 4 heteroatoms. The molecule has 0 amide bonds. The van der Waals surface area contributed by atoms with Crippen molar-refractivity contribution in [2.75, 3.05) is 5.73 Å². The zero-order valence-electron chi connectivity index (χ0n) is 6.50. The molecule has 0 bridgehead atoms. The van der Waals surface area contributed by atoms with E-state index in [2.05, 4.69) is 4.98 Å². The van der Waals surface area contributed by atoms with E-state index in [0.717, 1.165) is 0 Å². The fraction of sp³-hybridized carbons (Fsp3) is 0.429. The molecular formula is C7H10N2O2. The van der Waals surface area contributed by atoms with Crippen LogP contribution in [0.1, 0.15) is 36.0 Å². The number of nitrogen functional groups attached to an aromatic ring is 1. The van der Waals surface area contributed by atoms with E-state index in [1.165, 1.54) is 0 Å². The minimum Gasteiger partial charge on any atom is -0.428 e. The van der Waals surface area contributed by atoms with Crippen LogP contribution in [-0.2, 0) is 0 Å². The zero-order valence-corrected chi connectivity index (χ0v) is 6.50. The highest BCUT2D eigenvalue weighted by Crippen LogP contribution is 2.19. The topological polar surface area (TPSA) is 69.1 Å². The lowest BCUT2D eigenvalue weighted by Crippen LogP contribution is -1.90. The van der Waals surface area contributed by atoms with Crippen LogP contribution in [0.3, 0.4) is 0 Å². The van der Waals surface area contributed by atoms with Gasteiger partial charge in [-0.3, -0.25) is 4.79 Å². The summed E-state index contributed by atoms with van der Waals surface area (Å²) in [7, 11) is 0. The van der Waals surface area contributed by atoms with Crippen molar-refractivity contribution in [3.05, 3.63) is 11.5 Å². The van der Waals surface area contributed by atoms with Gasteiger partial charge in [0.1, 0.15) is 11.5 Å². The lowest BCUT2D eigenvalue weighted by molar-refractivity contribution is 0.111. The number of oxazole rings is 1. The van der Waals surface area contributed by atoms with Crippen LogP contribution in [0.4, 0.5) is 6.01 Å². The van der Waals surface area contributed by atoms with Crippen LogP contribution >= 0.6 is 0 Å². The van der Waals surface area contributed by atoms with E-state index >= 15 is 0 Å². The number of hydrogen-bond acceptors (Lipinski definition) is 4. The van der Waals surface area contributed by atoms with Crippen molar-refractivity contribution in [3.8, 4) is 0 Å². The van der Waals surface area contributed by atoms with Gasteiger partial charge >= 0.3 is 0 Å². The molecule has 4 nitrogen and oxygen atoms in total. The van der Waals surface area contributed by atoms with Crippen molar-refractivity contribution in [2.24, 2.45) is 0 Å². The molecule has 2 N–H and O–H groups in total. The van der Waals surface area contributed by atoms with Crippen LogP contribution in [0.15, 0.2) is 4.42 Å². The first-order valence-electron chi connectivity index (χ1n) is 3.36. The molecule has 60 valence electrons. The molecule has 0 aliphatic rings. The summed E-state index contributed by atoms with van der Waals surface area (Å²) < 4.78 is 5.00. The van der Waals surface area contributed by atoms with Gasteiger partial charge in [-0.05, 0) is 0 Å². The van der Waals surface area contributed by atoms with Crippen molar-refractivity contribution in [1.29, 1.82) is 0 Å². The summed E-state index contributed by atoms with van der Waals surface area (Å²) >= 11 is 0. The lowest BCUT2D eigenvalue weighted by Gasteiger charge is -1.97. The highest BCUT2D eigenvalue weighted by Gasteiger charge is 2.13. The molecule has 1 aromatic heterocycles. The van der Waals surface area contributed by atoms with Gasteiger partial charge in [-0.15, -0.1) is 0 Å². The molecule has 0 aliphatic carbocycles. The van der Waals surface area contributed by atoms with Crippen LogP contribution in [0.5, 0.6) is 0 Å². The molecule has 0 saturated carbocycles. The van der Waals surface area contributed by atoms with E-state index in [1.54, 1.807) is 0 Å². The van der Waals surface area contributed by atoms with Crippen LogP contribution in [0, 0.1) is 0 Å². The highest BCUT2D eigenvalue weighted by molar-refractivity contribution is 5.74. The van der Waals surface area contributed by atoms with E-state index in [0.29, 0.717) is 17.7 Å². The summed E-state index contributed by atoms with van der Waals surface area (Å²) in [6, 6.07) is 0.0517. The predicted molar refractivity (Wildman–Crippen MR) is 40.4 cm³/mol. The molecule has 0 radical (unpaired) electrons. The fourth-order valence-corrected chi connectivity index (χ4v) is 0.860. The SMILES string of the molecule is CC(C)c1oc(N)nc1C=O. The molecule has 0 aliphatic heterocycles. The summed E-state index contributed by atoms with van der Waals surface area (Å²) in [5.41, 5.74) is 5.56. The number of aromatic nitrogens is 1. The smallest absolute Gasteiger partial charge is 0.292 e. The summed E-state index contributed by atoms with van der Waals surface area (Å²) in [6.07, 6.45) is 0.648. The van der Waals surface area contributed by atoms with Crippen molar-refractivity contribution >= 4 is 12.3 Å². The van der Waals surface area contributed by atoms with Crippen LogP contribution in [-0.4, -0.2) is 11.3 Å². The van der Waals surface area contributed by atoms with Crippen molar-refractivity contribution < 1.29 is 9.21 Å². The number of nitrogens with two attached hydrogens (primary N) is 1. The Bertz CT molecular complexity index is 265. The molecule has 1 heterocycles. The fourth-order valence-electron chi connectivity index (χ4n) is 0.860. The summed E-state index contributed by atoms with van der Waals surface area (Å²) in [6.45, 7) is 3.82. The number of anilines is 1. The average Bonchev–Trinajstić information content (AvgIpc) is 2.30. The third kappa shape index (κ3) is 1.39. The van der Waals surface area contributed by atoms with Gasteiger partial charge in [0, 0.05) is 5.92 Å². The first-order chi connectivity index (χ1) is 5.15. The quantitative estimate of drug-likeness (QED) is 0.649. The van der Waals surface area contributed by atoms with Crippen molar-refractivity contribution in [3.63, 3.8) is 0 Å². The van der Waals surface area contributed by atoms with Crippen LogP contribution < -0.4 is 5.73 Å². The minimum absolute atomic E-state index is 0.0517. The molecule has 11 heavy (non-hydrogen) atoms. The predicted octanol–water partition coefficient (Wildman–Crippen LogP) is 1.19.